The van der Waals surface area contributed by atoms with E-state index in [9.17, 15) is 4.79 Å². The molecule has 0 spiro atoms. The van der Waals surface area contributed by atoms with Crippen LogP contribution in [0.15, 0.2) is 17.6 Å². The quantitative estimate of drug-likeness (QED) is 0.767. The van der Waals surface area contributed by atoms with Gasteiger partial charge < -0.3 is 10.1 Å². The van der Waals surface area contributed by atoms with Gasteiger partial charge in [0.05, 0.1) is 6.04 Å². The van der Waals surface area contributed by atoms with Crippen LogP contribution in [0.1, 0.15) is 30.1 Å². The van der Waals surface area contributed by atoms with Crippen LogP contribution in [0, 0.1) is 6.92 Å². The van der Waals surface area contributed by atoms with Crippen molar-refractivity contribution in [1.29, 1.82) is 0 Å². The maximum atomic E-state index is 12.0. The van der Waals surface area contributed by atoms with Gasteiger partial charge in [-0.2, -0.15) is 5.10 Å². The van der Waals surface area contributed by atoms with Crippen LogP contribution >= 0.6 is 11.3 Å². The molecule has 120 valence electrons. The second-order valence-electron chi connectivity index (χ2n) is 4.96. The highest BCUT2D eigenvalue weighted by Gasteiger charge is 2.13. The molecular formula is C14H21N5O2S. The molecule has 2 heterocycles. The summed E-state index contributed by atoms with van der Waals surface area (Å²) < 4.78 is 6.78. The van der Waals surface area contributed by atoms with Gasteiger partial charge in [0.15, 0.2) is 5.82 Å². The van der Waals surface area contributed by atoms with Gasteiger partial charge in [0.2, 0.25) is 0 Å². The first-order valence-electron chi connectivity index (χ1n) is 7.10. The van der Waals surface area contributed by atoms with E-state index in [1.165, 1.54) is 11.3 Å². The van der Waals surface area contributed by atoms with Crippen LogP contribution < -0.4 is 10.6 Å². The van der Waals surface area contributed by atoms with Crippen LogP contribution in [-0.4, -0.2) is 34.5 Å². The molecular weight excluding hydrogens is 302 g/mol. The first-order valence-corrected chi connectivity index (χ1v) is 7.98. The number of anilines is 1. The van der Waals surface area contributed by atoms with Crippen LogP contribution in [0.2, 0.25) is 0 Å². The molecule has 0 aliphatic carbocycles. The topological polar surface area (TPSA) is 81.1 Å². The molecule has 0 aliphatic heterocycles. The maximum Gasteiger partial charge on any atom is 0.321 e. The van der Waals surface area contributed by atoms with Crippen molar-refractivity contribution in [2.24, 2.45) is 0 Å². The first-order chi connectivity index (χ1) is 10.6. The van der Waals surface area contributed by atoms with Gasteiger partial charge in [0, 0.05) is 43.6 Å². The lowest BCUT2D eigenvalue weighted by Gasteiger charge is -2.11. The van der Waals surface area contributed by atoms with Crippen molar-refractivity contribution in [2.45, 2.75) is 32.9 Å². The highest BCUT2D eigenvalue weighted by Crippen LogP contribution is 2.17. The van der Waals surface area contributed by atoms with Gasteiger partial charge in [-0.1, -0.05) is 0 Å². The highest BCUT2D eigenvalue weighted by molar-refractivity contribution is 7.09. The van der Waals surface area contributed by atoms with Crippen LogP contribution in [-0.2, 0) is 11.3 Å². The van der Waals surface area contributed by atoms with E-state index in [0.717, 1.165) is 23.7 Å². The van der Waals surface area contributed by atoms with Crippen LogP contribution in [0.5, 0.6) is 0 Å². The molecule has 2 amide bonds. The number of carbonyl (C=O) groups is 1. The van der Waals surface area contributed by atoms with Gasteiger partial charge in [-0.3, -0.25) is 10.00 Å². The number of urea groups is 1. The maximum absolute atomic E-state index is 12.0. The predicted molar refractivity (Wildman–Crippen MR) is 86.1 cm³/mol. The number of ether oxygens (including phenoxy) is 1. The lowest BCUT2D eigenvalue weighted by Crippen LogP contribution is -2.31. The Labute approximate surface area is 133 Å². The molecule has 1 unspecified atom stereocenters. The molecule has 0 aromatic carbocycles. The zero-order chi connectivity index (χ0) is 15.9. The predicted octanol–water partition coefficient (Wildman–Crippen LogP) is 2.57. The minimum atomic E-state index is -0.289. The Morgan fingerprint density at radius 1 is 1.55 bits per heavy atom. The monoisotopic (exact) mass is 323 g/mol. The van der Waals surface area contributed by atoms with Crippen molar-refractivity contribution in [3.05, 3.63) is 28.3 Å². The van der Waals surface area contributed by atoms with Crippen LogP contribution in [0.25, 0.3) is 0 Å². The first kappa shape index (κ1) is 16.4. The number of thiazole rings is 1. The van der Waals surface area contributed by atoms with E-state index in [-0.39, 0.29) is 12.1 Å². The van der Waals surface area contributed by atoms with Crippen molar-refractivity contribution in [1.82, 2.24) is 20.1 Å². The largest absolute Gasteiger partial charge is 0.385 e. The molecule has 0 bridgehead atoms. The molecule has 1 atom stereocenters. The Balaban J connectivity index is 1.81. The highest BCUT2D eigenvalue weighted by atomic mass is 32.1. The number of carbonyl (C=O) groups excluding carboxylic acids is 1. The zero-order valence-corrected chi connectivity index (χ0v) is 13.8. The normalized spacial score (nSPS) is 12.1. The molecule has 2 rings (SSSR count). The molecule has 8 heteroatoms. The number of aryl methyl sites for hydroxylation is 2. The summed E-state index contributed by atoms with van der Waals surface area (Å²) in [4.78, 5) is 16.3. The lowest BCUT2D eigenvalue weighted by atomic mass is 10.3. The number of nitrogens with zero attached hydrogens (tertiary/aromatic N) is 3. The van der Waals surface area contributed by atoms with Gasteiger partial charge in [-0.05, 0) is 20.3 Å². The number of aromatic nitrogens is 3. The van der Waals surface area contributed by atoms with E-state index in [1.54, 1.807) is 17.9 Å². The number of methoxy groups -OCH3 is 1. The van der Waals surface area contributed by atoms with Crippen LogP contribution in [0.4, 0.5) is 10.6 Å². The summed E-state index contributed by atoms with van der Waals surface area (Å²) in [7, 11) is 1.67. The lowest BCUT2D eigenvalue weighted by molar-refractivity contribution is 0.189. The van der Waals surface area contributed by atoms with Crippen molar-refractivity contribution >= 4 is 23.2 Å². The van der Waals surface area contributed by atoms with Gasteiger partial charge in [0.1, 0.15) is 5.01 Å². The van der Waals surface area contributed by atoms with Gasteiger partial charge in [-0.25, -0.2) is 9.78 Å². The van der Waals surface area contributed by atoms with Crippen molar-refractivity contribution in [2.75, 3.05) is 19.0 Å². The molecule has 2 N–H and O–H groups in total. The Kier molecular flexibility index (Phi) is 5.91. The number of rotatable bonds is 7. The zero-order valence-electron chi connectivity index (χ0n) is 13.0. The van der Waals surface area contributed by atoms with E-state index in [0.29, 0.717) is 12.4 Å². The van der Waals surface area contributed by atoms with Crippen molar-refractivity contribution in [3.63, 3.8) is 0 Å². The standard InChI is InChI=1S/C14H21N5O2S/c1-10-9-22-13(15-10)11(2)16-14(20)17-12-5-7-19(18-12)6-4-8-21-3/h5,7,9,11H,4,6,8H2,1-3H3,(H2,16,17,18,20). The average molecular weight is 323 g/mol. The van der Waals surface area contributed by atoms with Crippen molar-refractivity contribution < 1.29 is 9.53 Å². The molecule has 2 aromatic rings. The fraction of sp³-hybridized carbons (Fsp3) is 0.500. The molecule has 22 heavy (non-hydrogen) atoms. The Hall–Kier alpha value is -1.93. The average Bonchev–Trinajstić information content (AvgIpc) is 3.08. The Morgan fingerprint density at radius 2 is 2.36 bits per heavy atom. The fourth-order valence-electron chi connectivity index (χ4n) is 1.91. The summed E-state index contributed by atoms with van der Waals surface area (Å²) in [6, 6.07) is 1.34. The molecule has 0 fully saturated rings. The molecule has 7 nitrogen and oxygen atoms in total. The smallest absolute Gasteiger partial charge is 0.321 e. The molecule has 0 saturated heterocycles. The number of hydrogen-bond acceptors (Lipinski definition) is 5. The van der Waals surface area contributed by atoms with Gasteiger partial charge in [-0.15, -0.1) is 11.3 Å². The van der Waals surface area contributed by atoms with E-state index in [1.807, 2.05) is 25.4 Å². The van der Waals surface area contributed by atoms with Gasteiger partial charge in [0.25, 0.3) is 0 Å². The minimum absolute atomic E-state index is 0.137. The third kappa shape index (κ3) is 4.81. The number of nitrogens with one attached hydrogen (secondary N) is 2. The second kappa shape index (κ2) is 7.90. The molecule has 0 aliphatic rings. The summed E-state index contributed by atoms with van der Waals surface area (Å²) in [6.07, 6.45) is 2.71. The Morgan fingerprint density at radius 3 is 3.05 bits per heavy atom. The van der Waals surface area contributed by atoms with E-state index in [4.69, 9.17) is 4.74 Å². The van der Waals surface area contributed by atoms with Crippen molar-refractivity contribution in [3.8, 4) is 0 Å². The van der Waals surface area contributed by atoms with Crippen LogP contribution in [0.3, 0.4) is 0 Å². The summed E-state index contributed by atoms with van der Waals surface area (Å²) in [5.41, 5.74) is 0.962. The van der Waals surface area contributed by atoms with E-state index < -0.39 is 0 Å². The van der Waals surface area contributed by atoms with Gasteiger partial charge >= 0.3 is 6.03 Å². The summed E-state index contributed by atoms with van der Waals surface area (Å²) >= 11 is 1.54. The molecule has 2 aromatic heterocycles. The third-order valence-electron chi connectivity index (χ3n) is 2.97. The molecule has 0 radical (unpaired) electrons. The fourth-order valence-corrected chi connectivity index (χ4v) is 2.71. The van der Waals surface area contributed by atoms with E-state index in [2.05, 4.69) is 20.7 Å². The number of amides is 2. The number of hydrogen-bond donors (Lipinski definition) is 2. The second-order valence-corrected chi connectivity index (χ2v) is 5.85. The molecule has 0 saturated carbocycles. The summed E-state index contributed by atoms with van der Waals surface area (Å²) in [5, 5.41) is 12.7. The third-order valence-corrected chi connectivity index (χ3v) is 4.12. The van der Waals surface area contributed by atoms with E-state index >= 15 is 0 Å². The summed E-state index contributed by atoms with van der Waals surface area (Å²) in [5.74, 6) is 0.525. The summed E-state index contributed by atoms with van der Waals surface area (Å²) in [6.45, 7) is 5.28. The SMILES string of the molecule is COCCCn1ccc(NC(=O)NC(C)c2nc(C)cs2)n1. The Bertz CT molecular complexity index is 610. The minimum Gasteiger partial charge on any atom is -0.385 e.